The number of hydrogen-bond acceptors (Lipinski definition) is 5. The molecule has 33 heavy (non-hydrogen) atoms. The average molecular weight is 448 g/mol. The normalized spacial score (nSPS) is 15.7. The highest BCUT2D eigenvalue weighted by Crippen LogP contribution is 2.38. The third-order valence-corrected chi connectivity index (χ3v) is 6.37. The van der Waals surface area contributed by atoms with Crippen molar-refractivity contribution >= 4 is 5.97 Å². The van der Waals surface area contributed by atoms with E-state index in [1.54, 1.807) is 19.2 Å². The minimum atomic E-state index is -0.834. The number of phenols is 1. The molecule has 6 heteroatoms. The lowest BCUT2D eigenvalue weighted by atomic mass is 9.92. The Balaban J connectivity index is 0.000000165. The van der Waals surface area contributed by atoms with E-state index in [9.17, 15) is 4.79 Å². The Morgan fingerprint density at radius 3 is 2.79 bits per heavy atom. The molecule has 0 bridgehead atoms. The fourth-order valence-electron chi connectivity index (χ4n) is 4.84. The number of nitrogens with zero attached hydrogens (tertiary/aromatic N) is 1. The zero-order valence-electron chi connectivity index (χ0n) is 19.2. The summed E-state index contributed by atoms with van der Waals surface area (Å²) in [6.07, 6.45) is 5.65. The van der Waals surface area contributed by atoms with Crippen molar-refractivity contribution in [2.24, 2.45) is 0 Å². The molecule has 172 valence electrons. The second kappa shape index (κ2) is 9.53. The molecule has 0 fully saturated rings. The second-order valence-corrected chi connectivity index (χ2v) is 8.58. The second-order valence-electron chi connectivity index (χ2n) is 8.58. The molecular weight excluding hydrogens is 418 g/mol. The molecule has 3 aromatic rings. The number of aryl methyl sites for hydroxylation is 2. The number of rotatable bonds is 4. The van der Waals surface area contributed by atoms with Crippen LogP contribution in [0.1, 0.15) is 46.6 Å². The van der Waals surface area contributed by atoms with E-state index < -0.39 is 5.97 Å². The summed E-state index contributed by atoms with van der Waals surface area (Å²) in [5.41, 5.74) is 8.91. The lowest BCUT2D eigenvalue weighted by Gasteiger charge is -2.15. The Bertz CT molecular complexity index is 1190. The maximum atomic E-state index is 10.5. The van der Waals surface area contributed by atoms with Crippen molar-refractivity contribution in [2.75, 3.05) is 13.7 Å². The van der Waals surface area contributed by atoms with Crippen molar-refractivity contribution in [3.8, 4) is 28.5 Å². The van der Waals surface area contributed by atoms with Gasteiger partial charge in [0.15, 0.2) is 0 Å². The van der Waals surface area contributed by atoms with Crippen LogP contribution in [0.5, 0.6) is 17.4 Å². The van der Waals surface area contributed by atoms with Crippen LogP contribution in [0.3, 0.4) is 0 Å². The van der Waals surface area contributed by atoms with Crippen molar-refractivity contribution in [1.82, 2.24) is 4.98 Å². The van der Waals surface area contributed by atoms with E-state index in [2.05, 4.69) is 37.0 Å². The van der Waals surface area contributed by atoms with Gasteiger partial charge in [0.25, 0.3) is 0 Å². The van der Waals surface area contributed by atoms with Crippen LogP contribution < -0.4 is 9.47 Å². The molecule has 1 aliphatic heterocycles. The van der Waals surface area contributed by atoms with Crippen molar-refractivity contribution in [3.63, 3.8) is 0 Å². The first-order chi connectivity index (χ1) is 15.9. The quantitative estimate of drug-likeness (QED) is 0.571. The molecule has 1 aromatic heterocycles. The number of aromatic nitrogens is 1. The predicted molar refractivity (Wildman–Crippen MR) is 126 cm³/mol. The van der Waals surface area contributed by atoms with Gasteiger partial charge in [-0.3, -0.25) is 4.79 Å². The lowest BCUT2D eigenvalue weighted by Crippen LogP contribution is -2.07. The number of hydrogen-bond donors (Lipinski definition) is 2. The van der Waals surface area contributed by atoms with Crippen LogP contribution in [0.4, 0.5) is 0 Å². The number of benzene rings is 2. The number of carboxylic acids is 1. The van der Waals surface area contributed by atoms with Crippen LogP contribution in [0, 0.1) is 13.8 Å². The van der Waals surface area contributed by atoms with Gasteiger partial charge < -0.3 is 19.7 Å². The Hall–Kier alpha value is -3.54. The fraction of sp³-hybridized carbons (Fsp3) is 0.333. The first kappa shape index (κ1) is 22.6. The third kappa shape index (κ3) is 4.65. The van der Waals surface area contributed by atoms with Gasteiger partial charge in [-0.25, -0.2) is 4.98 Å². The monoisotopic (exact) mass is 447 g/mol. The van der Waals surface area contributed by atoms with Crippen molar-refractivity contribution in [2.45, 2.75) is 45.4 Å². The number of phenolic OH excluding ortho intramolecular Hbond substituents is 1. The molecular formula is C27H29NO5. The Labute approximate surface area is 193 Å². The molecule has 0 spiro atoms. The first-order valence-corrected chi connectivity index (χ1v) is 11.2. The largest absolute Gasteiger partial charge is 0.508 e. The summed E-state index contributed by atoms with van der Waals surface area (Å²) in [4.78, 5) is 14.9. The van der Waals surface area contributed by atoms with E-state index in [1.165, 1.54) is 53.1 Å². The number of aromatic hydroxyl groups is 1. The number of carboxylic acid groups (broad SMARTS) is 1. The molecule has 5 rings (SSSR count). The summed E-state index contributed by atoms with van der Waals surface area (Å²) >= 11 is 0. The van der Waals surface area contributed by atoms with Crippen LogP contribution in [0.25, 0.3) is 11.1 Å². The fourth-order valence-corrected chi connectivity index (χ4v) is 4.84. The molecule has 0 saturated heterocycles. The van der Waals surface area contributed by atoms with Gasteiger partial charge >= 0.3 is 5.97 Å². The average Bonchev–Trinajstić information content (AvgIpc) is 3.41. The van der Waals surface area contributed by atoms with Crippen molar-refractivity contribution in [1.29, 1.82) is 0 Å². The summed E-state index contributed by atoms with van der Waals surface area (Å²) in [7, 11) is 1.68. The number of carbonyl (C=O) groups is 1. The molecule has 1 atom stereocenters. The topological polar surface area (TPSA) is 88.9 Å². The highest BCUT2D eigenvalue weighted by Gasteiger charge is 2.26. The van der Waals surface area contributed by atoms with Gasteiger partial charge in [0.2, 0.25) is 5.88 Å². The number of methoxy groups -OCH3 is 1. The Kier molecular flexibility index (Phi) is 6.54. The van der Waals surface area contributed by atoms with E-state index in [-0.39, 0.29) is 18.1 Å². The molecule has 0 amide bonds. The van der Waals surface area contributed by atoms with Gasteiger partial charge in [-0.05, 0) is 67.0 Å². The van der Waals surface area contributed by atoms with Gasteiger partial charge in [0.05, 0.1) is 20.1 Å². The Morgan fingerprint density at radius 2 is 2.03 bits per heavy atom. The first-order valence-electron chi connectivity index (χ1n) is 11.2. The summed E-state index contributed by atoms with van der Waals surface area (Å²) in [5, 5.41) is 17.8. The molecule has 6 nitrogen and oxygen atoms in total. The van der Waals surface area contributed by atoms with Gasteiger partial charge in [0.1, 0.15) is 11.5 Å². The lowest BCUT2D eigenvalue weighted by molar-refractivity contribution is -0.137. The highest BCUT2D eigenvalue weighted by molar-refractivity contribution is 5.76. The van der Waals surface area contributed by atoms with E-state index in [4.69, 9.17) is 19.7 Å². The summed E-state index contributed by atoms with van der Waals surface area (Å²) in [6.45, 7) is 4.61. The predicted octanol–water partition coefficient (Wildman–Crippen LogP) is 5.21. The van der Waals surface area contributed by atoms with Crippen molar-refractivity contribution in [3.05, 3.63) is 70.4 Å². The van der Waals surface area contributed by atoms with Crippen LogP contribution in [-0.4, -0.2) is 34.9 Å². The molecule has 0 saturated carbocycles. The van der Waals surface area contributed by atoms with Crippen molar-refractivity contribution < 1.29 is 24.5 Å². The highest BCUT2D eigenvalue weighted by atomic mass is 16.5. The van der Waals surface area contributed by atoms with Crippen LogP contribution in [-0.2, 0) is 17.6 Å². The van der Waals surface area contributed by atoms with Gasteiger partial charge in [-0.1, -0.05) is 24.3 Å². The van der Waals surface area contributed by atoms with Gasteiger partial charge in [-0.2, -0.15) is 0 Å². The molecule has 0 unspecified atom stereocenters. The zero-order chi connectivity index (χ0) is 23.5. The van der Waals surface area contributed by atoms with Crippen LogP contribution in [0.2, 0.25) is 0 Å². The Morgan fingerprint density at radius 1 is 1.21 bits per heavy atom. The summed E-state index contributed by atoms with van der Waals surface area (Å²) < 4.78 is 10.6. The number of fused-ring (bicyclic) bond motifs is 2. The smallest absolute Gasteiger partial charge is 0.304 e. The number of pyridine rings is 1. The van der Waals surface area contributed by atoms with Crippen LogP contribution >= 0.6 is 0 Å². The van der Waals surface area contributed by atoms with Gasteiger partial charge in [-0.15, -0.1) is 0 Å². The SMILES string of the molecule is COc1ncc(C)c(-c2cccc3c2CCC3)c1C.O=C(O)C[C@@H]1COc2cc(O)ccc21. The minimum Gasteiger partial charge on any atom is -0.508 e. The molecule has 2 aliphatic rings. The van der Waals surface area contributed by atoms with E-state index in [0.717, 1.165) is 17.0 Å². The van der Waals surface area contributed by atoms with Crippen LogP contribution in [0.15, 0.2) is 42.6 Å². The van der Waals surface area contributed by atoms with Gasteiger partial charge in [0, 0.05) is 29.3 Å². The molecule has 2 aromatic carbocycles. The zero-order valence-corrected chi connectivity index (χ0v) is 19.2. The maximum Gasteiger partial charge on any atom is 0.304 e. The molecule has 2 heterocycles. The minimum absolute atomic E-state index is 0.0672. The molecule has 1 aliphatic carbocycles. The number of aliphatic carboxylic acids is 1. The summed E-state index contributed by atoms with van der Waals surface area (Å²) in [6, 6.07) is 11.4. The maximum absolute atomic E-state index is 10.5. The van der Waals surface area contributed by atoms with E-state index in [1.807, 2.05) is 6.20 Å². The van der Waals surface area contributed by atoms with E-state index in [0.29, 0.717) is 12.4 Å². The third-order valence-electron chi connectivity index (χ3n) is 6.37. The molecule has 2 N–H and O–H groups in total. The standard InChI is InChI=1S/C17H19NO.C10H10O4/c1-11-10-18-17(19-3)12(2)16(11)15-9-5-7-13-6-4-8-14(13)15;11-7-1-2-8-6(3-10(12)13)5-14-9(8)4-7/h5,7,9-10H,4,6,8H2,1-3H3;1-2,4,6,11H,3,5H2,(H,12,13)/t;6-/m.1/s1. The summed E-state index contributed by atoms with van der Waals surface area (Å²) in [5.74, 6) is 0.537. The van der Waals surface area contributed by atoms with E-state index >= 15 is 0 Å². The molecule has 0 radical (unpaired) electrons. The number of ether oxygens (including phenoxy) is 2.